The smallest absolute Gasteiger partial charge is 0.159 e. The summed E-state index contributed by atoms with van der Waals surface area (Å²) in [5.74, 6) is 0.290. The molecule has 0 radical (unpaired) electrons. The molecule has 0 spiro atoms. The van der Waals surface area contributed by atoms with Gasteiger partial charge in [0.2, 0.25) is 0 Å². The van der Waals surface area contributed by atoms with Crippen LogP contribution in [-0.4, -0.2) is 5.78 Å². The van der Waals surface area contributed by atoms with Gasteiger partial charge in [0.15, 0.2) is 5.78 Å². The fourth-order valence-electron chi connectivity index (χ4n) is 2.10. The molecule has 0 saturated carbocycles. The van der Waals surface area contributed by atoms with Gasteiger partial charge in [0, 0.05) is 11.3 Å². The lowest BCUT2D eigenvalue weighted by Gasteiger charge is -2.27. The molecule has 1 nitrogen and oxygen atoms in total. The van der Waals surface area contributed by atoms with E-state index in [9.17, 15) is 4.79 Å². The van der Waals surface area contributed by atoms with E-state index in [0.29, 0.717) is 0 Å². The van der Waals surface area contributed by atoms with Crippen LogP contribution in [0.3, 0.4) is 0 Å². The quantitative estimate of drug-likeness (QED) is 0.681. The average Bonchev–Trinajstić information content (AvgIpc) is 2.48. The molecular formula is C14H16O. The first-order chi connectivity index (χ1) is 7.04. The Balaban J connectivity index is 2.42. The SMILES string of the molecule is Cc1ccc([C@]2(C)C=CC(=O)[C@@H]2C)cc1. The molecule has 78 valence electrons. The maximum atomic E-state index is 11.5. The minimum absolute atomic E-state index is 0.0557. The predicted molar refractivity (Wildman–Crippen MR) is 61.8 cm³/mol. The van der Waals surface area contributed by atoms with Gasteiger partial charge in [-0.15, -0.1) is 0 Å². The number of aryl methyl sites for hydroxylation is 1. The molecule has 0 heterocycles. The average molecular weight is 200 g/mol. The maximum absolute atomic E-state index is 11.5. The van der Waals surface area contributed by atoms with Crippen molar-refractivity contribution >= 4 is 5.78 Å². The van der Waals surface area contributed by atoms with Crippen LogP contribution in [0.2, 0.25) is 0 Å². The largest absolute Gasteiger partial charge is 0.295 e. The zero-order valence-electron chi connectivity index (χ0n) is 9.45. The van der Waals surface area contributed by atoms with Crippen molar-refractivity contribution < 1.29 is 4.79 Å². The van der Waals surface area contributed by atoms with Crippen LogP contribution in [0.1, 0.15) is 25.0 Å². The summed E-state index contributed by atoms with van der Waals surface area (Å²) < 4.78 is 0. The molecule has 1 aromatic rings. The second-order valence-corrected chi connectivity index (χ2v) is 4.61. The summed E-state index contributed by atoms with van der Waals surface area (Å²) >= 11 is 0. The Kier molecular flexibility index (Phi) is 2.26. The summed E-state index contributed by atoms with van der Waals surface area (Å²) in [6.45, 7) is 6.21. The van der Waals surface area contributed by atoms with E-state index in [1.165, 1.54) is 11.1 Å². The number of benzene rings is 1. The van der Waals surface area contributed by atoms with Gasteiger partial charge in [-0.1, -0.05) is 49.8 Å². The first-order valence-electron chi connectivity index (χ1n) is 5.34. The van der Waals surface area contributed by atoms with Gasteiger partial charge in [0.05, 0.1) is 0 Å². The molecule has 0 aliphatic heterocycles. The molecule has 1 aromatic carbocycles. The van der Waals surface area contributed by atoms with E-state index in [2.05, 4.69) is 38.1 Å². The van der Waals surface area contributed by atoms with Crippen LogP contribution in [0.15, 0.2) is 36.4 Å². The van der Waals surface area contributed by atoms with Crippen molar-refractivity contribution in [1.82, 2.24) is 0 Å². The minimum atomic E-state index is -0.120. The highest BCUT2D eigenvalue weighted by molar-refractivity contribution is 5.96. The molecule has 0 N–H and O–H groups in total. The third-order valence-corrected chi connectivity index (χ3v) is 3.59. The number of rotatable bonds is 1. The molecule has 1 aliphatic rings. The number of hydrogen-bond acceptors (Lipinski definition) is 1. The topological polar surface area (TPSA) is 17.1 Å². The summed E-state index contributed by atoms with van der Waals surface area (Å²) in [7, 11) is 0. The third kappa shape index (κ3) is 1.52. The second kappa shape index (κ2) is 3.34. The van der Waals surface area contributed by atoms with Crippen molar-refractivity contribution in [3.8, 4) is 0 Å². The Hall–Kier alpha value is -1.37. The fourth-order valence-corrected chi connectivity index (χ4v) is 2.10. The second-order valence-electron chi connectivity index (χ2n) is 4.61. The summed E-state index contributed by atoms with van der Waals surface area (Å²) in [4.78, 5) is 11.5. The minimum Gasteiger partial charge on any atom is -0.295 e. The van der Waals surface area contributed by atoms with Crippen molar-refractivity contribution in [3.63, 3.8) is 0 Å². The van der Waals surface area contributed by atoms with Crippen LogP contribution in [0.4, 0.5) is 0 Å². The number of hydrogen-bond donors (Lipinski definition) is 0. The molecule has 1 aliphatic carbocycles. The van der Waals surface area contributed by atoms with E-state index < -0.39 is 0 Å². The molecule has 15 heavy (non-hydrogen) atoms. The molecule has 0 saturated heterocycles. The molecule has 1 heteroatoms. The molecule has 2 atom stereocenters. The van der Waals surface area contributed by atoms with Gasteiger partial charge in [0.25, 0.3) is 0 Å². The van der Waals surface area contributed by atoms with Crippen LogP contribution in [0.5, 0.6) is 0 Å². The first kappa shape index (κ1) is 10.2. The molecule has 0 aromatic heterocycles. The Morgan fingerprint density at radius 2 is 1.80 bits per heavy atom. The van der Waals surface area contributed by atoms with Crippen molar-refractivity contribution in [2.75, 3.05) is 0 Å². The fraction of sp³-hybridized carbons (Fsp3) is 0.357. The van der Waals surface area contributed by atoms with E-state index in [1.807, 2.05) is 13.0 Å². The van der Waals surface area contributed by atoms with E-state index in [0.717, 1.165) is 0 Å². The van der Waals surface area contributed by atoms with Crippen molar-refractivity contribution in [2.24, 2.45) is 5.92 Å². The highest BCUT2D eigenvalue weighted by Crippen LogP contribution is 2.38. The maximum Gasteiger partial charge on any atom is 0.159 e. The van der Waals surface area contributed by atoms with Crippen LogP contribution in [0.25, 0.3) is 0 Å². The van der Waals surface area contributed by atoms with Gasteiger partial charge in [0.1, 0.15) is 0 Å². The highest BCUT2D eigenvalue weighted by atomic mass is 16.1. The zero-order valence-corrected chi connectivity index (χ0v) is 9.45. The van der Waals surface area contributed by atoms with Gasteiger partial charge < -0.3 is 0 Å². The van der Waals surface area contributed by atoms with Crippen molar-refractivity contribution in [2.45, 2.75) is 26.2 Å². The van der Waals surface area contributed by atoms with E-state index >= 15 is 0 Å². The normalized spacial score (nSPS) is 29.8. The number of allylic oxidation sites excluding steroid dienone is 2. The molecule has 2 rings (SSSR count). The number of carbonyl (C=O) groups is 1. The van der Waals surface area contributed by atoms with Crippen LogP contribution in [-0.2, 0) is 10.2 Å². The summed E-state index contributed by atoms with van der Waals surface area (Å²) in [6, 6.07) is 8.44. The van der Waals surface area contributed by atoms with Crippen molar-refractivity contribution in [3.05, 3.63) is 47.5 Å². The van der Waals surface area contributed by atoms with Gasteiger partial charge in [-0.3, -0.25) is 4.79 Å². The van der Waals surface area contributed by atoms with E-state index in [-0.39, 0.29) is 17.1 Å². The van der Waals surface area contributed by atoms with E-state index in [1.54, 1.807) is 6.08 Å². The van der Waals surface area contributed by atoms with E-state index in [4.69, 9.17) is 0 Å². The Labute approximate surface area is 90.8 Å². The van der Waals surface area contributed by atoms with Gasteiger partial charge in [-0.25, -0.2) is 0 Å². The zero-order chi connectivity index (χ0) is 11.1. The first-order valence-corrected chi connectivity index (χ1v) is 5.34. The van der Waals surface area contributed by atoms with Crippen LogP contribution >= 0.6 is 0 Å². The Morgan fingerprint density at radius 3 is 2.27 bits per heavy atom. The Morgan fingerprint density at radius 1 is 1.20 bits per heavy atom. The Bertz CT molecular complexity index is 413. The molecule has 0 bridgehead atoms. The lowest BCUT2D eigenvalue weighted by atomic mass is 9.75. The highest BCUT2D eigenvalue weighted by Gasteiger charge is 2.38. The molecule has 0 amide bonds. The molecule has 0 fully saturated rings. The standard InChI is InChI=1S/C14H16O/c1-10-4-6-12(7-5-10)14(3)9-8-13(15)11(14)2/h4-9,11H,1-3H3/t11-,14+/m0/s1. The predicted octanol–water partition coefficient (Wildman–Crippen LogP) is 3.03. The van der Waals surface area contributed by atoms with Gasteiger partial charge in [-0.05, 0) is 18.6 Å². The lowest BCUT2D eigenvalue weighted by Crippen LogP contribution is -2.27. The molecular weight excluding hydrogens is 184 g/mol. The number of ketones is 1. The number of carbonyl (C=O) groups excluding carboxylic acids is 1. The summed E-state index contributed by atoms with van der Waals surface area (Å²) in [6.07, 6.45) is 3.75. The lowest BCUT2D eigenvalue weighted by molar-refractivity contribution is -0.118. The molecule has 0 unspecified atom stereocenters. The summed E-state index contributed by atoms with van der Waals surface area (Å²) in [5.41, 5.74) is 2.36. The summed E-state index contributed by atoms with van der Waals surface area (Å²) in [5, 5.41) is 0. The van der Waals surface area contributed by atoms with Gasteiger partial charge in [-0.2, -0.15) is 0 Å². The van der Waals surface area contributed by atoms with Crippen LogP contribution in [0, 0.1) is 12.8 Å². The van der Waals surface area contributed by atoms with Gasteiger partial charge >= 0.3 is 0 Å². The van der Waals surface area contributed by atoms with Crippen molar-refractivity contribution in [1.29, 1.82) is 0 Å². The third-order valence-electron chi connectivity index (χ3n) is 3.59. The monoisotopic (exact) mass is 200 g/mol. The van der Waals surface area contributed by atoms with Crippen LogP contribution < -0.4 is 0 Å².